The molecule has 1 aliphatic heterocycles. The summed E-state index contributed by atoms with van der Waals surface area (Å²) in [6.45, 7) is 1.03. The number of rotatable bonds is 13. The number of carbonyl (C=O) groups is 3. The van der Waals surface area contributed by atoms with Crippen molar-refractivity contribution in [1.29, 1.82) is 0 Å². The van der Waals surface area contributed by atoms with E-state index in [4.69, 9.17) is 16.3 Å². The molecular formula is C28H32ClF4N3O5. The molecule has 1 unspecified atom stereocenters. The minimum atomic E-state index is -3.78. The summed E-state index contributed by atoms with van der Waals surface area (Å²) in [4.78, 5) is 38.2. The van der Waals surface area contributed by atoms with E-state index in [1.165, 1.54) is 36.4 Å². The zero-order chi connectivity index (χ0) is 30.2. The van der Waals surface area contributed by atoms with E-state index < -0.39 is 73.0 Å². The van der Waals surface area contributed by atoms with Gasteiger partial charge in [0.15, 0.2) is 6.10 Å². The number of benzene rings is 2. The second kappa shape index (κ2) is 14.0. The Balaban J connectivity index is 1.83. The molecule has 0 saturated carbocycles. The van der Waals surface area contributed by atoms with Crippen LogP contribution in [-0.2, 0) is 20.2 Å². The lowest BCUT2D eigenvalue weighted by Gasteiger charge is -2.33. The Labute approximate surface area is 239 Å². The normalized spacial score (nSPS) is 18.2. The standard InChI is InChI=1S/C28H32ClF4N3O5/c1-27(12-10-22(30)31,25(39)35-21(16-37)14-18-11-13-34-24(18)38)36-26(40)41-23(17-6-3-2-4-7-17)28(32,33)19-8-5-9-20(29)15-19/h2-9,15,18,21-23,37H,10-14,16H2,1H3,(H,34,38)(H,35,39)(H,36,40)/t18-,21-,23?,27+/m0/s1. The number of amides is 3. The highest BCUT2D eigenvalue weighted by molar-refractivity contribution is 6.30. The van der Waals surface area contributed by atoms with Crippen LogP contribution >= 0.6 is 11.6 Å². The zero-order valence-electron chi connectivity index (χ0n) is 22.2. The molecule has 1 aliphatic rings. The van der Waals surface area contributed by atoms with Gasteiger partial charge in [0.2, 0.25) is 18.2 Å². The van der Waals surface area contributed by atoms with Gasteiger partial charge in [-0.3, -0.25) is 9.59 Å². The Morgan fingerprint density at radius 1 is 1.17 bits per heavy atom. The zero-order valence-corrected chi connectivity index (χ0v) is 23.0. The van der Waals surface area contributed by atoms with Crippen LogP contribution in [0.3, 0.4) is 0 Å². The summed E-state index contributed by atoms with van der Waals surface area (Å²) >= 11 is 5.91. The number of aliphatic hydroxyl groups is 1. The lowest BCUT2D eigenvalue weighted by Crippen LogP contribution is -2.59. The van der Waals surface area contributed by atoms with Gasteiger partial charge in [-0.05, 0) is 43.9 Å². The van der Waals surface area contributed by atoms with Gasteiger partial charge in [0.05, 0.1) is 12.6 Å². The molecule has 1 fully saturated rings. The van der Waals surface area contributed by atoms with Crippen LogP contribution in [0.2, 0.25) is 5.02 Å². The molecule has 0 radical (unpaired) electrons. The molecule has 0 aromatic heterocycles. The fraction of sp³-hybridized carbons (Fsp3) is 0.464. The summed E-state index contributed by atoms with van der Waals surface area (Å²) < 4.78 is 62.9. The van der Waals surface area contributed by atoms with Crippen LogP contribution in [-0.4, -0.2) is 54.2 Å². The predicted molar refractivity (Wildman–Crippen MR) is 143 cm³/mol. The Kier molecular flexibility index (Phi) is 11.0. The molecule has 2 aromatic rings. The van der Waals surface area contributed by atoms with Gasteiger partial charge < -0.3 is 25.8 Å². The first-order valence-electron chi connectivity index (χ1n) is 13.0. The lowest BCUT2D eigenvalue weighted by molar-refractivity contribution is -0.131. The van der Waals surface area contributed by atoms with Crippen molar-refractivity contribution >= 4 is 29.5 Å². The number of nitrogens with one attached hydrogen (secondary N) is 3. The summed E-state index contributed by atoms with van der Waals surface area (Å²) in [6, 6.07) is 11.1. The summed E-state index contributed by atoms with van der Waals surface area (Å²) in [5.41, 5.74) is -2.64. The molecule has 0 aliphatic carbocycles. The molecule has 0 spiro atoms. The van der Waals surface area contributed by atoms with Crippen molar-refractivity contribution in [2.75, 3.05) is 13.2 Å². The SMILES string of the molecule is C[C@](CCC(F)F)(NC(=O)OC(c1ccccc1)C(F)(F)c1cccc(Cl)c1)C(=O)N[C@H](CO)C[C@@H]1CCNC1=O. The number of alkyl halides is 4. The minimum Gasteiger partial charge on any atom is -0.434 e. The van der Waals surface area contributed by atoms with Crippen molar-refractivity contribution in [2.45, 2.75) is 62.6 Å². The number of alkyl carbamates (subject to hydrolysis) is 1. The second-order valence-corrected chi connectivity index (χ2v) is 10.5. The molecule has 224 valence electrons. The number of carbonyl (C=O) groups excluding carboxylic acids is 3. The first-order chi connectivity index (χ1) is 19.4. The van der Waals surface area contributed by atoms with Gasteiger partial charge in [-0.25, -0.2) is 13.6 Å². The highest BCUT2D eigenvalue weighted by Crippen LogP contribution is 2.43. The van der Waals surface area contributed by atoms with Crippen molar-refractivity contribution in [3.05, 3.63) is 70.7 Å². The monoisotopic (exact) mass is 601 g/mol. The van der Waals surface area contributed by atoms with E-state index in [9.17, 15) is 28.3 Å². The van der Waals surface area contributed by atoms with Crippen LogP contribution in [0.15, 0.2) is 54.6 Å². The van der Waals surface area contributed by atoms with Crippen LogP contribution in [0, 0.1) is 5.92 Å². The maximum atomic E-state index is 15.7. The molecule has 1 heterocycles. The van der Waals surface area contributed by atoms with E-state index in [1.54, 1.807) is 6.07 Å². The third-order valence-electron chi connectivity index (χ3n) is 6.90. The second-order valence-electron chi connectivity index (χ2n) is 10.1. The Bertz CT molecular complexity index is 1210. The minimum absolute atomic E-state index is 0.0307. The summed E-state index contributed by atoms with van der Waals surface area (Å²) in [5, 5.41) is 17.1. The van der Waals surface area contributed by atoms with Gasteiger partial charge in [-0.1, -0.05) is 54.1 Å². The average molecular weight is 602 g/mol. The van der Waals surface area contributed by atoms with Crippen LogP contribution < -0.4 is 16.0 Å². The van der Waals surface area contributed by atoms with E-state index in [0.717, 1.165) is 19.1 Å². The summed E-state index contributed by atoms with van der Waals surface area (Å²) in [5.74, 6) is -5.45. The number of aliphatic hydroxyl groups excluding tert-OH is 1. The molecule has 3 amide bonds. The van der Waals surface area contributed by atoms with Gasteiger partial charge in [-0.2, -0.15) is 8.78 Å². The van der Waals surface area contributed by atoms with Gasteiger partial charge in [0.1, 0.15) is 5.54 Å². The van der Waals surface area contributed by atoms with Crippen molar-refractivity contribution in [1.82, 2.24) is 16.0 Å². The quantitative estimate of drug-likeness (QED) is 0.248. The fourth-order valence-corrected chi connectivity index (χ4v) is 4.75. The maximum Gasteiger partial charge on any atom is 0.408 e. The fourth-order valence-electron chi connectivity index (χ4n) is 4.56. The van der Waals surface area contributed by atoms with E-state index in [2.05, 4.69) is 16.0 Å². The highest BCUT2D eigenvalue weighted by atomic mass is 35.5. The van der Waals surface area contributed by atoms with Crippen molar-refractivity contribution in [3.8, 4) is 0 Å². The third-order valence-corrected chi connectivity index (χ3v) is 7.13. The molecule has 41 heavy (non-hydrogen) atoms. The third kappa shape index (κ3) is 8.56. The van der Waals surface area contributed by atoms with Crippen molar-refractivity contribution in [3.63, 3.8) is 0 Å². The maximum absolute atomic E-state index is 15.7. The first-order valence-corrected chi connectivity index (χ1v) is 13.4. The lowest BCUT2D eigenvalue weighted by atomic mass is 9.93. The summed E-state index contributed by atoms with van der Waals surface area (Å²) in [7, 11) is 0. The number of hydrogen-bond donors (Lipinski definition) is 4. The molecule has 4 N–H and O–H groups in total. The Morgan fingerprint density at radius 2 is 1.88 bits per heavy atom. The largest absolute Gasteiger partial charge is 0.434 e. The van der Waals surface area contributed by atoms with E-state index >= 15 is 8.78 Å². The van der Waals surface area contributed by atoms with Gasteiger partial charge in [0.25, 0.3) is 0 Å². The molecule has 0 bridgehead atoms. The van der Waals surface area contributed by atoms with E-state index in [1.807, 2.05) is 0 Å². The number of ether oxygens (including phenoxy) is 1. The Hall–Kier alpha value is -3.38. The smallest absolute Gasteiger partial charge is 0.408 e. The van der Waals surface area contributed by atoms with Gasteiger partial charge >= 0.3 is 12.0 Å². The molecule has 8 nitrogen and oxygen atoms in total. The number of hydrogen-bond acceptors (Lipinski definition) is 5. The molecular weight excluding hydrogens is 570 g/mol. The van der Waals surface area contributed by atoms with Gasteiger partial charge in [-0.15, -0.1) is 0 Å². The predicted octanol–water partition coefficient (Wildman–Crippen LogP) is 4.71. The van der Waals surface area contributed by atoms with Gasteiger partial charge in [0, 0.05) is 29.5 Å². The highest BCUT2D eigenvalue weighted by Gasteiger charge is 2.47. The Morgan fingerprint density at radius 3 is 2.46 bits per heavy atom. The summed E-state index contributed by atoms with van der Waals surface area (Å²) in [6.07, 6.45) is -7.28. The topological polar surface area (TPSA) is 117 Å². The molecule has 13 heteroatoms. The van der Waals surface area contributed by atoms with Crippen molar-refractivity contribution < 1.29 is 41.8 Å². The van der Waals surface area contributed by atoms with Crippen LogP contribution in [0.4, 0.5) is 22.4 Å². The molecule has 2 aromatic carbocycles. The van der Waals surface area contributed by atoms with Crippen LogP contribution in [0.1, 0.15) is 49.8 Å². The molecule has 1 saturated heterocycles. The number of halogens is 5. The van der Waals surface area contributed by atoms with E-state index in [-0.39, 0.29) is 22.9 Å². The first kappa shape index (κ1) is 32.1. The molecule has 3 rings (SSSR count). The molecule has 4 atom stereocenters. The van der Waals surface area contributed by atoms with Crippen LogP contribution in [0.25, 0.3) is 0 Å². The van der Waals surface area contributed by atoms with E-state index in [0.29, 0.717) is 13.0 Å². The van der Waals surface area contributed by atoms with Crippen molar-refractivity contribution in [2.24, 2.45) is 5.92 Å². The van der Waals surface area contributed by atoms with Crippen LogP contribution in [0.5, 0.6) is 0 Å². The average Bonchev–Trinajstić information content (AvgIpc) is 3.34.